The lowest BCUT2D eigenvalue weighted by molar-refractivity contribution is -0.191. The Bertz CT molecular complexity index is 1160. The van der Waals surface area contributed by atoms with Gasteiger partial charge in [0.15, 0.2) is 17.0 Å². The maximum absolute atomic E-state index is 9.31. The summed E-state index contributed by atoms with van der Waals surface area (Å²) in [5.41, 5.74) is 4.38. The number of rotatable bonds is 9. The molecule has 4 heterocycles. The van der Waals surface area contributed by atoms with E-state index in [9.17, 15) is 5.11 Å². The van der Waals surface area contributed by atoms with Crippen molar-refractivity contribution in [2.45, 2.75) is 57.7 Å². The molecular weight excluding hydrogens is 442 g/mol. The van der Waals surface area contributed by atoms with Crippen molar-refractivity contribution < 1.29 is 9.84 Å². The normalized spacial score (nSPS) is 20.6. The minimum absolute atomic E-state index is 0.0691. The third-order valence-electron chi connectivity index (χ3n) is 7.63. The molecule has 1 saturated carbocycles. The molecule has 2 aliphatic heterocycles. The smallest absolute Gasteiger partial charge is 0.227 e. The first-order valence-corrected chi connectivity index (χ1v) is 12.9. The van der Waals surface area contributed by atoms with Crippen LogP contribution in [0.1, 0.15) is 50.6 Å². The number of likely N-dealkylation sites (tertiary alicyclic amines) is 1. The minimum atomic E-state index is 0.0691. The third kappa shape index (κ3) is 4.60. The van der Waals surface area contributed by atoms with E-state index in [1.54, 1.807) is 0 Å². The Balaban J connectivity index is 1.22. The topological polar surface area (TPSA) is 100 Å². The predicted molar refractivity (Wildman–Crippen MR) is 136 cm³/mol. The van der Waals surface area contributed by atoms with Crippen LogP contribution in [-0.2, 0) is 11.3 Å². The summed E-state index contributed by atoms with van der Waals surface area (Å²) >= 11 is 0. The van der Waals surface area contributed by atoms with Crippen LogP contribution in [-0.4, -0.2) is 68.5 Å². The van der Waals surface area contributed by atoms with E-state index < -0.39 is 0 Å². The average Bonchev–Trinajstić information content (AvgIpc) is 3.46. The van der Waals surface area contributed by atoms with Crippen molar-refractivity contribution in [1.82, 2.24) is 24.4 Å². The van der Waals surface area contributed by atoms with E-state index in [2.05, 4.69) is 44.4 Å². The Morgan fingerprint density at radius 1 is 1.14 bits per heavy atom. The number of hydrogen-bond acceptors (Lipinski definition) is 8. The highest BCUT2D eigenvalue weighted by molar-refractivity contribution is 5.86. The molecule has 3 aromatic rings. The fraction of sp³-hybridized carbons (Fsp3) is 0.577. The molecule has 3 aliphatic rings. The van der Waals surface area contributed by atoms with Gasteiger partial charge >= 0.3 is 0 Å². The summed E-state index contributed by atoms with van der Waals surface area (Å²) in [5, 5.41) is 16.2. The van der Waals surface area contributed by atoms with Gasteiger partial charge in [-0.1, -0.05) is 25.0 Å². The van der Waals surface area contributed by atoms with E-state index in [4.69, 9.17) is 19.7 Å². The van der Waals surface area contributed by atoms with E-state index in [0.29, 0.717) is 29.6 Å². The van der Waals surface area contributed by atoms with E-state index in [1.807, 2.05) is 13.3 Å². The summed E-state index contributed by atoms with van der Waals surface area (Å²) in [6, 6.07) is 9.10. The van der Waals surface area contributed by atoms with Gasteiger partial charge < -0.3 is 25.0 Å². The summed E-state index contributed by atoms with van der Waals surface area (Å²) in [6.45, 7) is 7.25. The van der Waals surface area contributed by atoms with E-state index >= 15 is 0 Å². The van der Waals surface area contributed by atoms with Crippen molar-refractivity contribution in [2.75, 3.05) is 43.5 Å². The van der Waals surface area contributed by atoms with Crippen molar-refractivity contribution in [3.05, 3.63) is 36.2 Å². The van der Waals surface area contributed by atoms with E-state index in [0.717, 1.165) is 62.5 Å². The van der Waals surface area contributed by atoms with Crippen LogP contribution in [0.4, 0.5) is 17.5 Å². The fourth-order valence-corrected chi connectivity index (χ4v) is 5.68. The molecule has 2 saturated heterocycles. The first-order valence-electron chi connectivity index (χ1n) is 12.9. The molecule has 0 bridgehead atoms. The number of aliphatic hydroxyl groups is 1. The second-order valence-electron chi connectivity index (χ2n) is 10.7. The molecule has 2 aromatic heterocycles. The Morgan fingerprint density at radius 2 is 1.91 bits per heavy atom. The van der Waals surface area contributed by atoms with Crippen LogP contribution >= 0.6 is 0 Å². The molecule has 6 rings (SSSR count). The first kappa shape index (κ1) is 22.7. The molecule has 1 aromatic carbocycles. The van der Waals surface area contributed by atoms with Crippen LogP contribution < -0.4 is 10.6 Å². The Hall–Kier alpha value is -2.75. The van der Waals surface area contributed by atoms with Crippen LogP contribution in [0, 0.1) is 5.41 Å². The molecule has 1 unspecified atom stereocenters. The van der Waals surface area contributed by atoms with Gasteiger partial charge in [-0.2, -0.15) is 9.97 Å². The lowest BCUT2D eigenvalue weighted by Crippen LogP contribution is -2.65. The number of hydrogen-bond donors (Lipinski definition) is 3. The number of nitrogens with zero attached hydrogens (tertiary/aromatic N) is 5. The molecule has 1 spiro atoms. The number of aromatic nitrogens is 4. The molecule has 9 heteroatoms. The number of ether oxygens (including phenoxy) is 1. The minimum Gasteiger partial charge on any atom is -0.396 e. The molecule has 186 valence electrons. The van der Waals surface area contributed by atoms with Gasteiger partial charge in [-0.05, 0) is 43.9 Å². The molecular formula is C26H35N7O2. The van der Waals surface area contributed by atoms with Gasteiger partial charge in [0.25, 0.3) is 0 Å². The summed E-state index contributed by atoms with van der Waals surface area (Å²) in [7, 11) is 0. The summed E-state index contributed by atoms with van der Waals surface area (Å²) in [5.74, 6) is 1.26. The van der Waals surface area contributed by atoms with Crippen LogP contribution in [0.3, 0.4) is 0 Å². The van der Waals surface area contributed by atoms with Gasteiger partial charge in [-0.3, -0.25) is 4.90 Å². The molecule has 9 nitrogen and oxygen atoms in total. The van der Waals surface area contributed by atoms with Crippen molar-refractivity contribution >= 4 is 28.6 Å². The highest BCUT2D eigenvalue weighted by Gasteiger charge is 2.48. The maximum atomic E-state index is 9.31. The monoisotopic (exact) mass is 477 g/mol. The zero-order chi connectivity index (χ0) is 23.8. The fourth-order valence-electron chi connectivity index (χ4n) is 5.68. The van der Waals surface area contributed by atoms with Gasteiger partial charge in [0.1, 0.15) is 0 Å². The molecule has 0 radical (unpaired) electrons. The lowest BCUT2D eigenvalue weighted by atomic mass is 9.78. The van der Waals surface area contributed by atoms with Crippen molar-refractivity contribution in [1.29, 1.82) is 0 Å². The van der Waals surface area contributed by atoms with Crippen molar-refractivity contribution in [3.63, 3.8) is 0 Å². The zero-order valence-electron chi connectivity index (χ0n) is 20.4. The molecule has 35 heavy (non-hydrogen) atoms. The van der Waals surface area contributed by atoms with Crippen molar-refractivity contribution in [2.24, 2.45) is 5.41 Å². The Kier molecular flexibility index (Phi) is 6.07. The number of nitrogens with one attached hydrogen (secondary N) is 2. The highest BCUT2D eigenvalue weighted by Crippen LogP contribution is 2.38. The van der Waals surface area contributed by atoms with Crippen LogP contribution in [0.2, 0.25) is 0 Å². The quantitative estimate of drug-likeness (QED) is 0.429. The number of aliphatic hydroxyl groups excluding tert-OH is 1. The summed E-state index contributed by atoms with van der Waals surface area (Å²) in [4.78, 5) is 16.8. The van der Waals surface area contributed by atoms with Gasteiger partial charge in [-0.15, -0.1) is 0 Å². The number of fused-ring (bicyclic) bond motifs is 1. The van der Waals surface area contributed by atoms with Crippen LogP contribution in [0.5, 0.6) is 0 Å². The average molecular weight is 478 g/mol. The van der Waals surface area contributed by atoms with Gasteiger partial charge in [-0.25, -0.2) is 4.98 Å². The molecule has 3 fully saturated rings. The third-order valence-corrected chi connectivity index (χ3v) is 7.63. The maximum Gasteiger partial charge on any atom is 0.227 e. The second kappa shape index (κ2) is 9.37. The SMILES string of the molecule is CC(CCO)Nc1nc(Nc2ccc(CN3CC4(COC4)C3)cc2)c2ncn(C3CCCC3)c2n1. The second-order valence-corrected chi connectivity index (χ2v) is 10.7. The Labute approximate surface area is 205 Å². The zero-order valence-corrected chi connectivity index (χ0v) is 20.4. The standard InChI is InChI=1S/C26H35N7O2/c1-18(10-11-34)28-25-30-23(22-24(31-25)33(17-27-22)21-4-2-3-5-21)29-20-8-6-19(7-9-20)12-32-13-26(14-32)15-35-16-26/h6-9,17-18,21,34H,2-5,10-16H2,1H3,(H2,28,29,30,31). The van der Waals surface area contributed by atoms with Crippen LogP contribution in [0.25, 0.3) is 11.2 Å². The highest BCUT2D eigenvalue weighted by atomic mass is 16.5. The molecule has 1 aliphatic carbocycles. The largest absolute Gasteiger partial charge is 0.396 e. The number of benzene rings is 1. The van der Waals surface area contributed by atoms with Crippen LogP contribution in [0.15, 0.2) is 30.6 Å². The molecule has 3 N–H and O–H groups in total. The lowest BCUT2D eigenvalue weighted by Gasteiger charge is -2.55. The summed E-state index contributed by atoms with van der Waals surface area (Å²) in [6.07, 6.45) is 7.37. The van der Waals surface area contributed by atoms with E-state index in [-0.39, 0.29) is 12.6 Å². The first-order chi connectivity index (χ1) is 17.1. The number of anilines is 3. The molecule has 0 amide bonds. The van der Waals surface area contributed by atoms with Gasteiger partial charge in [0, 0.05) is 49.4 Å². The van der Waals surface area contributed by atoms with Gasteiger partial charge in [0.05, 0.1) is 19.5 Å². The van der Waals surface area contributed by atoms with Crippen molar-refractivity contribution in [3.8, 4) is 0 Å². The Morgan fingerprint density at radius 3 is 2.60 bits per heavy atom. The molecule has 1 atom stereocenters. The number of imidazole rings is 1. The van der Waals surface area contributed by atoms with E-state index in [1.165, 1.54) is 18.4 Å². The van der Waals surface area contributed by atoms with Gasteiger partial charge in [0.2, 0.25) is 5.95 Å². The summed E-state index contributed by atoms with van der Waals surface area (Å²) < 4.78 is 7.60. The predicted octanol–water partition coefficient (Wildman–Crippen LogP) is 3.70.